The largest absolute Gasteiger partial charge is 0.327 e. The van der Waals surface area contributed by atoms with Gasteiger partial charge in [0, 0.05) is 18.4 Å². The van der Waals surface area contributed by atoms with E-state index in [-0.39, 0.29) is 6.04 Å². The molecule has 1 heterocycles. The number of nitrogens with one attached hydrogen (secondary N) is 1. The van der Waals surface area contributed by atoms with Crippen LogP contribution in [0.25, 0.3) is 0 Å². The Hall–Kier alpha value is -0.900. The van der Waals surface area contributed by atoms with Gasteiger partial charge in [-0.25, -0.2) is 4.98 Å². The van der Waals surface area contributed by atoms with Gasteiger partial charge in [0.1, 0.15) is 5.82 Å². The molecule has 0 bridgehead atoms. The van der Waals surface area contributed by atoms with Gasteiger partial charge in [0.25, 0.3) is 0 Å². The summed E-state index contributed by atoms with van der Waals surface area (Å²) in [5.41, 5.74) is 5.90. The van der Waals surface area contributed by atoms with Gasteiger partial charge in [-0.3, -0.25) is 5.10 Å². The van der Waals surface area contributed by atoms with Gasteiger partial charge in [-0.15, -0.1) is 0 Å². The number of rotatable bonds is 4. The summed E-state index contributed by atoms with van der Waals surface area (Å²) in [5.74, 6) is 2.55. The van der Waals surface area contributed by atoms with E-state index in [4.69, 9.17) is 5.73 Å². The van der Waals surface area contributed by atoms with Gasteiger partial charge < -0.3 is 5.73 Å². The summed E-state index contributed by atoms with van der Waals surface area (Å²) in [6, 6.07) is 0.201. The molecule has 1 saturated carbocycles. The molecule has 90 valence electrons. The van der Waals surface area contributed by atoms with Crippen LogP contribution in [0.1, 0.15) is 63.0 Å². The van der Waals surface area contributed by atoms with Crippen LogP contribution in [0.2, 0.25) is 0 Å². The Balaban J connectivity index is 1.95. The van der Waals surface area contributed by atoms with Crippen molar-refractivity contribution < 1.29 is 0 Å². The van der Waals surface area contributed by atoms with Crippen molar-refractivity contribution in [1.29, 1.82) is 0 Å². The third-order valence-corrected chi connectivity index (χ3v) is 3.50. The predicted octanol–water partition coefficient (Wildman–Crippen LogP) is 2.13. The highest BCUT2D eigenvalue weighted by atomic mass is 15.2. The van der Waals surface area contributed by atoms with Crippen molar-refractivity contribution in [2.24, 2.45) is 5.73 Å². The number of nitrogens with two attached hydrogens (primary N) is 1. The minimum absolute atomic E-state index is 0.201. The summed E-state index contributed by atoms with van der Waals surface area (Å²) in [5, 5.41) is 7.36. The lowest BCUT2D eigenvalue weighted by molar-refractivity contribution is 0.429. The highest BCUT2D eigenvalue weighted by molar-refractivity contribution is 5.00. The molecule has 0 amide bonds. The van der Waals surface area contributed by atoms with Crippen LogP contribution in [-0.2, 0) is 6.42 Å². The van der Waals surface area contributed by atoms with Gasteiger partial charge >= 0.3 is 0 Å². The first-order valence-electron chi connectivity index (χ1n) is 6.46. The highest BCUT2D eigenvalue weighted by Crippen LogP contribution is 2.30. The second kappa shape index (κ2) is 5.43. The third kappa shape index (κ3) is 2.82. The molecule has 2 rings (SSSR count). The molecular formula is C12H22N4. The van der Waals surface area contributed by atoms with Crippen molar-refractivity contribution in [3.05, 3.63) is 11.6 Å². The number of aromatic amines is 1. The first-order chi connectivity index (χ1) is 7.79. The van der Waals surface area contributed by atoms with Gasteiger partial charge in [-0.2, -0.15) is 5.10 Å². The molecule has 3 N–H and O–H groups in total. The van der Waals surface area contributed by atoms with E-state index in [1.165, 1.54) is 32.1 Å². The van der Waals surface area contributed by atoms with E-state index in [1.54, 1.807) is 0 Å². The van der Waals surface area contributed by atoms with E-state index in [9.17, 15) is 0 Å². The quantitative estimate of drug-likeness (QED) is 0.820. The van der Waals surface area contributed by atoms with Crippen molar-refractivity contribution in [2.45, 2.75) is 63.8 Å². The van der Waals surface area contributed by atoms with Crippen molar-refractivity contribution in [3.63, 3.8) is 0 Å². The molecule has 0 aromatic carbocycles. The van der Waals surface area contributed by atoms with E-state index in [2.05, 4.69) is 22.1 Å². The molecule has 1 aliphatic rings. The van der Waals surface area contributed by atoms with Crippen LogP contribution in [0.3, 0.4) is 0 Å². The molecule has 16 heavy (non-hydrogen) atoms. The smallest absolute Gasteiger partial charge is 0.153 e. The average Bonchev–Trinajstić information content (AvgIpc) is 2.78. The van der Waals surface area contributed by atoms with Gasteiger partial charge in [0.15, 0.2) is 5.82 Å². The van der Waals surface area contributed by atoms with Gasteiger partial charge in [0.05, 0.1) is 0 Å². The topological polar surface area (TPSA) is 67.6 Å². The fourth-order valence-corrected chi connectivity index (χ4v) is 2.34. The standard InChI is InChI=1S/C12H22N4/c1-2-10(13)8-11-14-12(16-15-11)9-6-4-3-5-7-9/h9-10H,2-8,13H2,1H3,(H,14,15,16). The maximum Gasteiger partial charge on any atom is 0.153 e. The molecule has 0 radical (unpaired) electrons. The Morgan fingerprint density at radius 3 is 2.81 bits per heavy atom. The second-order valence-corrected chi connectivity index (χ2v) is 4.85. The number of aromatic nitrogens is 3. The molecule has 1 aromatic rings. The van der Waals surface area contributed by atoms with Crippen molar-refractivity contribution in [1.82, 2.24) is 15.2 Å². The maximum absolute atomic E-state index is 5.90. The zero-order valence-electron chi connectivity index (χ0n) is 10.1. The zero-order valence-corrected chi connectivity index (χ0v) is 10.1. The van der Waals surface area contributed by atoms with Crippen LogP contribution in [-0.4, -0.2) is 21.2 Å². The molecule has 1 atom stereocenters. The van der Waals surface area contributed by atoms with Crippen LogP contribution >= 0.6 is 0 Å². The summed E-state index contributed by atoms with van der Waals surface area (Å²) < 4.78 is 0. The van der Waals surface area contributed by atoms with E-state index >= 15 is 0 Å². The van der Waals surface area contributed by atoms with E-state index < -0.39 is 0 Å². The number of hydrogen-bond acceptors (Lipinski definition) is 3. The lowest BCUT2D eigenvalue weighted by atomic mass is 9.89. The Labute approximate surface area is 97.0 Å². The van der Waals surface area contributed by atoms with E-state index in [0.29, 0.717) is 5.92 Å². The molecule has 0 saturated heterocycles. The van der Waals surface area contributed by atoms with Gasteiger partial charge in [0.2, 0.25) is 0 Å². The van der Waals surface area contributed by atoms with E-state index in [1.807, 2.05) is 0 Å². The Kier molecular flexibility index (Phi) is 3.93. The molecule has 1 aliphatic carbocycles. The Morgan fingerprint density at radius 2 is 2.12 bits per heavy atom. The van der Waals surface area contributed by atoms with Crippen molar-refractivity contribution >= 4 is 0 Å². The summed E-state index contributed by atoms with van der Waals surface area (Å²) >= 11 is 0. The zero-order chi connectivity index (χ0) is 11.4. The van der Waals surface area contributed by atoms with Crippen LogP contribution < -0.4 is 5.73 Å². The van der Waals surface area contributed by atoms with Crippen molar-refractivity contribution in [2.75, 3.05) is 0 Å². The predicted molar refractivity (Wildman–Crippen MR) is 64.2 cm³/mol. The SMILES string of the molecule is CCC(N)Cc1nc(C2CCCCC2)n[nH]1. The lowest BCUT2D eigenvalue weighted by Gasteiger charge is -2.18. The molecule has 1 aromatic heterocycles. The maximum atomic E-state index is 5.90. The number of H-pyrrole nitrogens is 1. The summed E-state index contributed by atoms with van der Waals surface area (Å²) in [7, 11) is 0. The molecular weight excluding hydrogens is 200 g/mol. The molecule has 1 fully saturated rings. The third-order valence-electron chi connectivity index (χ3n) is 3.50. The number of hydrogen-bond donors (Lipinski definition) is 2. The summed E-state index contributed by atoms with van der Waals surface area (Å²) in [4.78, 5) is 4.58. The number of nitrogens with zero attached hydrogens (tertiary/aromatic N) is 2. The monoisotopic (exact) mass is 222 g/mol. The van der Waals surface area contributed by atoms with Crippen LogP contribution in [0.15, 0.2) is 0 Å². The minimum atomic E-state index is 0.201. The average molecular weight is 222 g/mol. The van der Waals surface area contributed by atoms with Crippen LogP contribution in [0, 0.1) is 0 Å². The van der Waals surface area contributed by atoms with Crippen molar-refractivity contribution in [3.8, 4) is 0 Å². The van der Waals surface area contributed by atoms with Gasteiger partial charge in [-0.1, -0.05) is 26.2 Å². The van der Waals surface area contributed by atoms with Crippen LogP contribution in [0.4, 0.5) is 0 Å². The molecule has 0 spiro atoms. The normalized spacial score (nSPS) is 19.9. The summed E-state index contributed by atoms with van der Waals surface area (Å²) in [6.07, 6.45) is 8.31. The molecule has 4 nitrogen and oxygen atoms in total. The lowest BCUT2D eigenvalue weighted by Crippen LogP contribution is -2.22. The first-order valence-corrected chi connectivity index (χ1v) is 6.46. The minimum Gasteiger partial charge on any atom is -0.327 e. The first kappa shape index (κ1) is 11.6. The van der Waals surface area contributed by atoms with Gasteiger partial charge in [-0.05, 0) is 19.3 Å². The molecule has 0 aliphatic heterocycles. The van der Waals surface area contributed by atoms with E-state index in [0.717, 1.165) is 24.5 Å². The highest BCUT2D eigenvalue weighted by Gasteiger charge is 2.19. The fraction of sp³-hybridized carbons (Fsp3) is 0.833. The summed E-state index contributed by atoms with van der Waals surface area (Å²) in [6.45, 7) is 2.10. The molecule has 4 heteroatoms. The Morgan fingerprint density at radius 1 is 1.38 bits per heavy atom. The van der Waals surface area contributed by atoms with Crippen LogP contribution in [0.5, 0.6) is 0 Å². The Bertz CT molecular complexity index is 315. The second-order valence-electron chi connectivity index (χ2n) is 4.85. The molecule has 1 unspecified atom stereocenters. The fourth-order valence-electron chi connectivity index (χ4n) is 2.34.